The van der Waals surface area contributed by atoms with E-state index in [0.717, 1.165) is 10.9 Å². The average Bonchev–Trinajstić information content (AvgIpc) is 3.04. The summed E-state index contributed by atoms with van der Waals surface area (Å²) in [5, 5.41) is 21.5. The van der Waals surface area contributed by atoms with Gasteiger partial charge in [-0.05, 0) is 12.1 Å². The molecule has 3 aromatic rings. The van der Waals surface area contributed by atoms with Gasteiger partial charge in [-0.1, -0.05) is 23.9 Å². The Morgan fingerprint density at radius 3 is 2.86 bits per heavy atom. The topological polar surface area (TPSA) is 89.9 Å². The van der Waals surface area contributed by atoms with Gasteiger partial charge >= 0.3 is 0 Å². The van der Waals surface area contributed by atoms with Crippen molar-refractivity contribution >= 4 is 28.2 Å². The molecule has 0 bridgehead atoms. The van der Waals surface area contributed by atoms with Crippen molar-refractivity contribution in [2.75, 3.05) is 5.73 Å². The van der Waals surface area contributed by atoms with E-state index < -0.39 is 0 Å². The lowest BCUT2D eigenvalue weighted by Crippen LogP contribution is -1.95. The van der Waals surface area contributed by atoms with Crippen LogP contribution in [0.15, 0.2) is 34.8 Å². The van der Waals surface area contributed by atoms with E-state index in [1.807, 2.05) is 29.1 Å². The van der Waals surface area contributed by atoms with Crippen LogP contribution in [0.5, 0.6) is 5.75 Å². The second-order valence-corrected chi connectivity index (χ2v) is 6.18. The number of benzene rings is 1. The summed E-state index contributed by atoms with van der Waals surface area (Å²) in [7, 11) is 1.87. The van der Waals surface area contributed by atoms with Gasteiger partial charge in [0.05, 0.1) is 11.3 Å². The first-order valence-electron chi connectivity index (χ1n) is 6.15. The molecule has 8 heteroatoms. The maximum Gasteiger partial charge on any atom is 0.191 e. The first kappa shape index (κ1) is 13.9. The summed E-state index contributed by atoms with van der Waals surface area (Å²) in [5.74, 6) is 1.51. The highest BCUT2D eigenvalue weighted by Gasteiger charge is 2.14. The summed E-state index contributed by atoms with van der Waals surface area (Å²) in [6.45, 7) is 0. The Morgan fingerprint density at radius 2 is 2.14 bits per heavy atom. The van der Waals surface area contributed by atoms with Crippen molar-refractivity contribution in [3.05, 3.63) is 35.3 Å². The van der Waals surface area contributed by atoms with Crippen molar-refractivity contribution in [3.8, 4) is 17.1 Å². The second-order valence-electron chi connectivity index (χ2n) is 4.35. The molecule has 0 aliphatic heterocycles. The fraction of sp³-hybridized carbons (Fsp3) is 0.154. The average molecular weight is 319 g/mol. The molecule has 21 heavy (non-hydrogen) atoms. The largest absolute Gasteiger partial charge is 0.507 e. The van der Waals surface area contributed by atoms with E-state index in [1.165, 1.54) is 23.1 Å². The van der Waals surface area contributed by atoms with Crippen LogP contribution in [0.1, 0.15) is 5.69 Å². The van der Waals surface area contributed by atoms with Gasteiger partial charge in [-0.15, -0.1) is 21.5 Å². The molecular formula is C13H13N5OS2. The van der Waals surface area contributed by atoms with Gasteiger partial charge in [-0.3, -0.25) is 0 Å². The third-order valence-electron chi connectivity index (χ3n) is 2.90. The highest BCUT2D eigenvalue weighted by atomic mass is 32.2. The van der Waals surface area contributed by atoms with E-state index >= 15 is 0 Å². The van der Waals surface area contributed by atoms with E-state index in [0.29, 0.717) is 22.3 Å². The van der Waals surface area contributed by atoms with Crippen LogP contribution in [0.25, 0.3) is 11.4 Å². The normalized spacial score (nSPS) is 10.9. The zero-order chi connectivity index (χ0) is 14.8. The number of aromatic hydroxyl groups is 1. The lowest BCUT2D eigenvalue weighted by molar-refractivity contribution is 0.476. The number of nitrogen functional groups attached to an aromatic ring is 1. The monoisotopic (exact) mass is 319 g/mol. The first-order chi connectivity index (χ1) is 10.1. The smallest absolute Gasteiger partial charge is 0.191 e. The van der Waals surface area contributed by atoms with Crippen LogP contribution in [0.4, 0.5) is 5.13 Å². The number of para-hydroxylation sites is 1. The maximum atomic E-state index is 9.90. The maximum absolute atomic E-state index is 9.90. The number of phenolic OH excluding ortho intramolecular Hbond substituents is 1. The minimum Gasteiger partial charge on any atom is -0.507 e. The molecule has 0 radical (unpaired) electrons. The Hall–Kier alpha value is -2.06. The van der Waals surface area contributed by atoms with Crippen LogP contribution in [-0.4, -0.2) is 24.9 Å². The molecule has 0 fully saturated rings. The summed E-state index contributed by atoms with van der Waals surface area (Å²) < 4.78 is 1.86. The van der Waals surface area contributed by atoms with Gasteiger partial charge < -0.3 is 15.4 Å². The Balaban J connectivity index is 1.81. The fourth-order valence-electron chi connectivity index (χ4n) is 1.87. The summed E-state index contributed by atoms with van der Waals surface area (Å²) >= 11 is 2.96. The number of phenols is 1. The van der Waals surface area contributed by atoms with Crippen molar-refractivity contribution in [2.45, 2.75) is 10.9 Å². The highest BCUT2D eigenvalue weighted by molar-refractivity contribution is 7.98. The van der Waals surface area contributed by atoms with E-state index in [-0.39, 0.29) is 5.75 Å². The predicted molar refractivity (Wildman–Crippen MR) is 84.2 cm³/mol. The summed E-state index contributed by atoms with van der Waals surface area (Å²) in [5.41, 5.74) is 7.20. The van der Waals surface area contributed by atoms with Crippen molar-refractivity contribution in [2.24, 2.45) is 7.05 Å². The van der Waals surface area contributed by atoms with Gasteiger partial charge in [-0.2, -0.15) is 0 Å². The quantitative estimate of drug-likeness (QED) is 0.718. The van der Waals surface area contributed by atoms with Crippen molar-refractivity contribution in [1.29, 1.82) is 0 Å². The van der Waals surface area contributed by atoms with E-state index in [9.17, 15) is 5.11 Å². The van der Waals surface area contributed by atoms with Gasteiger partial charge in [0.25, 0.3) is 0 Å². The molecule has 2 heterocycles. The number of anilines is 1. The molecule has 0 amide bonds. The first-order valence-corrected chi connectivity index (χ1v) is 8.02. The van der Waals surface area contributed by atoms with Gasteiger partial charge in [0.15, 0.2) is 16.1 Å². The molecule has 3 N–H and O–H groups in total. The number of hydrogen-bond donors (Lipinski definition) is 2. The summed E-state index contributed by atoms with van der Waals surface area (Å²) in [6.07, 6.45) is 0. The third kappa shape index (κ3) is 2.86. The van der Waals surface area contributed by atoms with Crippen LogP contribution in [0.3, 0.4) is 0 Å². The number of nitrogens with two attached hydrogens (primary N) is 1. The summed E-state index contributed by atoms with van der Waals surface area (Å²) in [6, 6.07) is 7.08. The Bertz CT molecular complexity index is 768. The van der Waals surface area contributed by atoms with E-state index in [1.54, 1.807) is 12.1 Å². The Kier molecular flexibility index (Phi) is 3.80. The molecule has 0 saturated heterocycles. The minimum absolute atomic E-state index is 0.192. The third-order valence-corrected chi connectivity index (χ3v) is 4.68. The SMILES string of the molecule is Cn1c(SCc2csc(N)n2)nnc1-c1ccccc1O. The van der Waals surface area contributed by atoms with Gasteiger partial charge in [-0.25, -0.2) is 4.98 Å². The Labute approximate surface area is 129 Å². The molecule has 1 aromatic carbocycles. The molecule has 6 nitrogen and oxygen atoms in total. The predicted octanol–water partition coefficient (Wildman–Crippen LogP) is 2.52. The molecule has 0 aliphatic rings. The minimum atomic E-state index is 0.192. The van der Waals surface area contributed by atoms with Crippen LogP contribution < -0.4 is 5.73 Å². The molecular weight excluding hydrogens is 306 g/mol. The highest BCUT2D eigenvalue weighted by Crippen LogP contribution is 2.30. The molecule has 0 aliphatic carbocycles. The standard InChI is InChI=1S/C13H13N5OS2/c1-18-11(9-4-2-3-5-10(9)19)16-17-13(18)21-7-8-6-20-12(14)15-8/h2-6,19H,7H2,1H3,(H2,14,15). The molecule has 0 atom stereocenters. The number of hydrogen-bond acceptors (Lipinski definition) is 7. The molecule has 3 rings (SSSR count). The zero-order valence-corrected chi connectivity index (χ0v) is 12.9. The number of aromatic nitrogens is 4. The second kappa shape index (κ2) is 5.74. The molecule has 108 valence electrons. The van der Waals surface area contributed by atoms with Gasteiger partial charge in [0.1, 0.15) is 5.75 Å². The van der Waals surface area contributed by atoms with E-state index in [2.05, 4.69) is 15.2 Å². The number of thiazole rings is 1. The van der Waals surface area contributed by atoms with Crippen LogP contribution in [-0.2, 0) is 12.8 Å². The van der Waals surface area contributed by atoms with Crippen molar-refractivity contribution < 1.29 is 5.11 Å². The fourth-order valence-corrected chi connectivity index (χ4v) is 3.34. The lowest BCUT2D eigenvalue weighted by Gasteiger charge is -2.04. The number of rotatable bonds is 4. The van der Waals surface area contributed by atoms with Gasteiger partial charge in [0.2, 0.25) is 0 Å². The van der Waals surface area contributed by atoms with Gasteiger partial charge in [0, 0.05) is 18.2 Å². The number of thioether (sulfide) groups is 1. The van der Waals surface area contributed by atoms with E-state index in [4.69, 9.17) is 5.73 Å². The number of nitrogens with zero attached hydrogens (tertiary/aromatic N) is 4. The van der Waals surface area contributed by atoms with Crippen molar-refractivity contribution in [1.82, 2.24) is 19.7 Å². The summed E-state index contributed by atoms with van der Waals surface area (Å²) in [4.78, 5) is 4.21. The molecule has 2 aromatic heterocycles. The molecule has 0 saturated carbocycles. The molecule has 0 unspecified atom stereocenters. The van der Waals surface area contributed by atoms with Crippen LogP contribution in [0, 0.1) is 0 Å². The van der Waals surface area contributed by atoms with Crippen LogP contribution >= 0.6 is 23.1 Å². The zero-order valence-electron chi connectivity index (χ0n) is 11.2. The van der Waals surface area contributed by atoms with Crippen molar-refractivity contribution in [3.63, 3.8) is 0 Å². The Morgan fingerprint density at radius 1 is 1.33 bits per heavy atom. The molecule has 0 spiro atoms. The lowest BCUT2D eigenvalue weighted by atomic mass is 10.2. The van der Waals surface area contributed by atoms with Crippen LogP contribution in [0.2, 0.25) is 0 Å².